The van der Waals surface area contributed by atoms with Gasteiger partial charge in [0.1, 0.15) is 11.9 Å². The molecule has 1 aromatic heterocycles. The van der Waals surface area contributed by atoms with Crippen molar-refractivity contribution < 1.29 is 14.1 Å². The van der Waals surface area contributed by atoms with E-state index in [0.29, 0.717) is 19.7 Å². The highest BCUT2D eigenvalue weighted by atomic mass is 127. The Morgan fingerprint density at radius 1 is 1.29 bits per heavy atom. The van der Waals surface area contributed by atoms with E-state index in [0.717, 1.165) is 55.5 Å². The average molecular weight is 505 g/mol. The molecule has 1 aromatic rings. The highest BCUT2D eigenvalue weighted by Gasteiger charge is 2.31. The third kappa shape index (κ3) is 5.16. The van der Waals surface area contributed by atoms with Crippen LogP contribution in [0.2, 0.25) is 0 Å². The van der Waals surface area contributed by atoms with Crippen molar-refractivity contribution in [3.63, 3.8) is 0 Å². The van der Waals surface area contributed by atoms with Gasteiger partial charge < -0.3 is 24.4 Å². The largest absolute Gasteiger partial charge is 0.368 e. The topological polar surface area (TPSA) is 83.2 Å². The van der Waals surface area contributed by atoms with E-state index in [9.17, 15) is 4.79 Å². The second kappa shape index (κ2) is 10.4. The van der Waals surface area contributed by atoms with Crippen molar-refractivity contribution in [1.82, 2.24) is 20.3 Å². The van der Waals surface area contributed by atoms with Crippen LogP contribution in [0.15, 0.2) is 9.52 Å². The molecule has 158 valence electrons. The third-order valence-corrected chi connectivity index (χ3v) is 5.46. The number of carbonyl (C=O) groups is 1. The molecule has 2 unspecified atom stereocenters. The van der Waals surface area contributed by atoms with Crippen LogP contribution in [0.4, 0.5) is 0 Å². The van der Waals surface area contributed by atoms with Gasteiger partial charge in [-0.05, 0) is 26.7 Å². The molecule has 0 spiro atoms. The number of guanidine groups is 1. The number of aromatic nitrogens is 1. The minimum atomic E-state index is -0.232. The first-order chi connectivity index (χ1) is 13.0. The zero-order valence-electron chi connectivity index (χ0n) is 17.2. The number of nitrogens with one attached hydrogen (secondary N) is 1. The van der Waals surface area contributed by atoms with E-state index in [1.807, 2.05) is 18.7 Å². The summed E-state index contributed by atoms with van der Waals surface area (Å²) in [6, 6.07) is 0. The van der Waals surface area contributed by atoms with Gasteiger partial charge in [0.05, 0.1) is 5.69 Å². The van der Waals surface area contributed by atoms with Gasteiger partial charge in [-0.1, -0.05) is 12.1 Å². The molecule has 0 bridgehead atoms. The van der Waals surface area contributed by atoms with Crippen molar-refractivity contribution in [1.29, 1.82) is 0 Å². The molecule has 0 saturated carbocycles. The molecule has 9 heteroatoms. The summed E-state index contributed by atoms with van der Waals surface area (Å²) in [7, 11) is 1.80. The molecular formula is C19H32IN5O3. The quantitative estimate of drug-likeness (QED) is 0.383. The Bertz CT molecular complexity index is 660. The van der Waals surface area contributed by atoms with Crippen LogP contribution in [0.1, 0.15) is 42.7 Å². The number of aryl methyl sites for hydroxylation is 2. The number of aliphatic imine (C=N–C) groups is 1. The van der Waals surface area contributed by atoms with Crippen LogP contribution in [-0.4, -0.2) is 79.3 Å². The summed E-state index contributed by atoms with van der Waals surface area (Å²) >= 11 is 0. The molecular weight excluding hydrogens is 473 g/mol. The molecule has 3 heterocycles. The molecule has 2 atom stereocenters. The van der Waals surface area contributed by atoms with Crippen molar-refractivity contribution in [2.45, 2.75) is 45.6 Å². The number of carbonyl (C=O) groups excluding carboxylic acids is 1. The Kier molecular flexibility index (Phi) is 8.54. The molecule has 2 fully saturated rings. The molecule has 1 amide bonds. The summed E-state index contributed by atoms with van der Waals surface area (Å²) in [6.07, 6.45) is 1.60. The maximum absolute atomic E-state index is 12.5. The minimum Gasteiger partial charge on any atom is -0.368 e. The number of hydrogen-bond acceptors (Lipinski definition) is 5. The van der Waals surface area contributed by atoms with Crippen LogP contribution in [0.5, 0.6) is 0 Å². The lowest BCUT2D eigenvalue weighted by Crippen LogP contribution is -2.55. The standard InChI is InChI=1S/C19H31N5O3.HI/c1-13(17-14(2)22-27-15(17)3)12-21-19(20-4)24-9-7-23(8-10-24)18(25)16-6-5-11-26-16;/h13,16H,5-12H2,1-4H3,(H,20,21);1H. The van der Waals surface area contributed by atoms with Gasteiger partial charge in [0.2, 0.25) is 0 Å². The first-order valence-corrected chi connectivity index (χ1v) is 9.80. The van der Waals surface area contributed by atoms with Crippen LogP contribution in [0.3, 0.4) is 0 Å². The van der Waals surface area contributed by atoms with Gasteiger partial charge in [-0.15, -0.1) is 24.0 Å². The van der Waals surface area contributed by atoms with Gasteiger partial charge in [0.15, 0.2) is 5.96 Å². The van der Waals surface area contributed by atoms with Gasteiger partial charge in [0, 0.05) is 57.9 Å². The summed E-state index contributed by atoms with van der Waals surface area (Å²) in [5.41, 5.74) is 2.10. The van der Waals surface area contributed by atoms with E-state index in [1.54, 1.807) is 7.05 Å². The van der Waals surface area contributed by atoms with Crippen LogP contribution in [-0.2, 0) is 9.53 Å². The van der Waals surface area contributed by atoms with Gasteiger partial charge in [0.25, 0.3) is 5.91 Å². The average Bonchev–Trinajstić information content (AvgIpc) is 3.32. The molecule has 0 radical (unpaired) electrons. The maximum atomic E-state index is 12.5. The van der Waals surface area contributed by atoms with Crippen molar-refractivity contribution in [2.75, 3.05) is 46.4 Å². The number of piperazine rings is 1. The van der Waals surface area contributed by atoms with Crippen LogP contribution < -0.4 is 5.32 Å². The number of nitrogens with zero attached hydrogens (tertiary/aromatic N) is 4. The normalized spacial score (nSPS) is 21.4. The lowest BCUT2D eigenvalue weighted by Gasteiger charge is -2.37. The molecule has 3 rings (SSSR count). The monoisotopic (exact) mass is 505 g/mol. The second-order valence-electron chi connectivity index (χ2n) is 7.38. The van der Waals surface area contributed by atoms with Crippen LogP contribution in [0, 0.1) is 13.8 Å². The summed E-state index contributed by atoms with van der Waals surface area (Å²) < 4.78 is 10.8. The molecule has 2 saturated heterocycles. The Hall–Kier alpha value is -1.36. The predicted molar refractivity (Wildman–Crippen MR) is 118 cm³/mol. The number of rotatable bonds is 4. The zero-order chi connectivity index (χ0) is 19.4. The van der Waals surface area contributed by atoms with E-state index in [4.69, 9.17) is 9.26 Å². The minimum absolute atomic E-state index is 0. The third-order valence-electron chi connectivity index (χ3n) is 5.46. The first kappa shape index (κ1) is 22.9. The van der Waals surface area contributed by atoms with Crippen molar-refractivity contribution in [3.05, 3.63) is 17.0 Å². The zero-order valence-corrected chi connectivity index (χ0v) is 19.6. The van der Waals surface area contributed by atoms with Gasteiger partial charge in [-0.2, -0.15) is 0 Å². The summed E-state index contributed by atoms with van der Waals surface area (Å²) in [4.78, 5) is 21.0. The van der Waals surface area contributed by atoms with E-state index in [2.05, 4.69) is 27.3 Å². The maximum Gasteiger partial charge on any atom is 0.251 e. The highest BCUT2D eigenvalue weighted by molar-refractivity contribution is 14.0. The van der Waals surface area contributed by atoms with Crippen LogP contribution in [0.25, 0.3) is 0 Å². The lowest BCUT2D eigenvalue weighted by atomic mass is 10.00. The van der Waals surface area contributed by atoms with Crippen molar-refractivity contribution in [2.24, 2.45) is 4.99 Å². The molecule has 2 aliphatic heterocycles. The molecule has 28 heavy (non-hydrogen) atoms. The van der Waals surface area contributed by atoms with Gasteiger partial charge in [-0.25, -0.2) is 0 Å². The van der Waals surface area contributed by atoms with E-state index in [1.165, 1.54) is 0 Å². The van der Waals surface area contributed by atoms with E-state index >= 15 is 0 Å². The number of hydrogen-bond donors (Lipinski definition) is 1. The lowest BCUT2D eigenvalue weighted by molar-refractivity contribution is -0.142. The van der Waals surface area contributed by atoms with Crippen molar-refractivity contribution >= 4 is 35.8 Å². The fourth-order valence-corrected chi connectivity index (χ4v) is 3.99. The summed E-state index contributed by atoms with van der Waals surface area (Å²) in [5.74, 6) is 2.16. The van der Waals surface area contributed by atoms with Crippen molar-refractivity contribution in [3.8, 4) is 0 Å². The number of halogens is 1. The smallest absolute Gasteiger partial charge is 0.251 e. The number of amides is 1. The Morgan fingerprint density at radius 2 is 1.96 bits per heavy atom. The first-order valence-electron chi connectivity index (χ1n) is 9.80. The fraction of sp³-hybridized carbons (Fsp3) is 0.737. The van der Waals surface area contributed by atoms with Gasteiger partial charge >= 0.3 is 0 Å². The van der Waals surface area contributed by atoms with E-state index < -0.39 is 0 Å². The van der Waals surface area contributed by atoms with Crippen LogP contribution >= 0.6 is 24.0 Å². The SMILES string of the molecule is CN=C(NCC(C)c1c(C)noc1C)N1CCN(C(=O)C2CCCO2)CC1.I. The Balaban J connectivity index is 0.00000280. The molecule has 0 aromatic carbocycles. The summed E-state index contributed by atoms with van der Waals surface area (Å²) in [5, 5.41) is 7.50. The van der Waals surface area contributed by atoms with E-state index in [-0.39, 0.29) is 41.9 Å². The molecule has 8 nitrogen and oxygen atoms in total. The Morgan fingerprint density at radius 3 is 2.50 bits per heavy atom. The van der Waals surface area contributed by atoms with Gasteiger partial charge in [-0.3, -0.25) is 9.79 Å². The molecule has 2 aliphatic rings. The number of ether oxygens (including phenoxy) is 1. The predicted octanol–water partition coefficient (Wildman–Crippen LogP) is 1.91. The molecule has 1 N–H and O–H groups in total. The second-order valence-corrected chi connectivity index (χ2v) is 7.38. The Labute approximate surface area is 184 Å². The highest BCUT2D eigenvalue weighted by Crippen LogP contribution is 2.22. The summed E-state index contributed by atoms with van der Waals surface area (Å²) in [6.45, 7) is 10.5. The fourth-order valence-electron chi connectivity index (χ4n) is 3.99. The molecule has 0 aliphatic carbocycles.